The van der Waals surface area contributed by atoms with Crippen molar-refractivity contribution in [2.24, 2.45) is 0 Å². The quantitative estimate of drug-likeness (QED) is 0.602. The minimum absolute atomic E-state index is 0.315. The van der Waals surface area contributed by atoms with Crippen LogP contribution in [0, 0.1) is 0 Å². The standard InChI is InChI=1S/C8H13NO3/c1-2-3-6(8(10)11)7-9-4-5-12-7/h3,7,9H,2,4-5H2,1H3,(H,10,11)/b6-3-. The lowest BCUT2D eigenvalue weighted by molar-refractivity contribution is -0.134. The van der Waals surface area contributed by atoms with Gasteiger partial charge in [-0.15, -0.1) is 0 Å². The summed E-state index contributed by atoms with van der Waals surface area (Å²) in [5.41, 5.74) is 0.315. The average molecular weight is 171 g/mol. The van der Waals surface area contributed by atoms with Crippen LogP contribution in [-0.2, 0) is 9.53 Å². The molecule has 1 atom stereocenters. The summed E-state index contributed by atoms with van der Waals surface area (Å²) in [7, 11) is 0. The Morgan fingerprint density at radius 1 is 1.83 bits per heavy atom. The summed E-state index contributed by atoms with van der Waals surface area (Å²) in [4.78, 5) is 10.7. The lowest BCUT2D eigenvalue weighted by atomic mass is 10.2. The van der Waals surface area contributed by atoms with Crippen LogP contribution in [0.3, 0.4) is 0 Å². The molecule has 1 fully saturated rings. The Bertz CT molecular complexity index is 194. The first-order valence-corrected chi connectivity index (χ1v) is 4.04. The third kappa shape index (κ3) is 2.06. The van der Waals surface area contributed by atoms with Gasteiger partial charge < -0.3 is 9.84 Å². The summed E-state index contributed by atoms with van der Waals surface area (Å²) in [6.07, 6.45) is 1.97. The number of nitrogens with one attached hydrogen (secondary N) is 1. The van der Waals surface area contributed by atoms with E-state index in [1.807, 2.05) is 6.92 Å². The van der Waals surface area contributed by atoms with E-state index in [9.17, 15) is 4.79 Å². The van der Waals surface area contributed by atoms with Gasteiger partial charge in [-0.05, 0) is 6.42 Å². The van der Waals surface area contributed by atoms with Gasteiger partial charge in [0.15, 0.2) is 0 Å². The van der Waals surface area contributed by atoms with Gasteiger partial charge in [0.1, 0.15) is 6.23 Å². The molecule has 1 rings (SSSR count). The normalized spacial score (nSPS) is 24.4. The maximum Gasteiger partial charge on any atom is 0.335 e. The van der Waals surface area contributed by atoms with Crippen molar-refractivity contribution >= 4 is 5.97 Å². The maximum atomic E-state index is 10.7. The molecule has 1 heterocycles. The lowest BCUT2D eigenvalue weighted by Crippen LogP contribution is -2.28. The average Bonchev–Trinajstić information content (AvgIpc) is 2.51. The molecule has 4 heteroatoms. The summed E-state index contributed by atoms with van der Waals surface area (Å²) in [5.74, 6) is -0.906. The van der Waals surface area contributed by atoms with Crippen molar-refractivity contribution in [3.8, 4) is 0 Å². The maximum absolute atomic E-state index is 10.7. The Balaban J connectivity index is 2.64. The van der Waals surface area contributed by atoms with Crippen molar-refractivity contribution < 1.29 is 14.6 Å². The molecule has 0 aromatic heterocycles. The molecule has 12 heavy (non-hydrogen) atoms. The molecule has 0 aromatic carbocycles. The second-order valence-corrected chi connectivity index (χ2v) is 2.58. The predicted octanol–water partition coefficient (Wildman–Crippen LogP) is 0.353. The second kappa shape index (κ2) is 4.23. The highest BCUT2D eigenvalue weighted by molar-refractivity contribution is 5.87. The Kier molecular flexibility index (Phi) is 3.25. The van der Waals surface area contributed by atoms with E-state index in [2.05, 4.69) is 5.32 Å². The highest BCUT2D eigenvalue weighted by Gasteiger charge is 2.23. The molecule has 0 radical (unpaired) electrons. The first-order valence-electron chi connectivity index (χ1n) is 4.04. The fourth-order valence-corrected chi connectivity index (χ4v) is 1.15. The van der Waals surface area contributed by atoms with Gasteiger partial charge in [-0.25, -0.2) is 4.79 Å². The largest absolute Gasteiger partial charge is 0.478 e. The molecule has 1 aliphatic rings. The molecule has 0 saturated carbocycles. The monoisotopic (exact) mass is 171 g/mol. The molecule has 68 valence electrons. The van der Waals surface area contributed by atoms with E-state index in [1.54, 1.807) is 6.08 Å². The van der Waals surface area contributed by atoms with Gasteiger partial charge in [0.2, 0.25) is 0 Å². The van der Waals surface area contributed by atoms with Crippen LogP contribution >= 0.6 is 0 Å². The van der Waals surface area contributed by atoms with Crippen molar-refractivity contribution in [1.29, 1.82) is 0 Å². The number of carboxylic acids is 1. The van der Waals surface area contributed by atoms with Gasteiger partial charge >= 0.3 is 5.97 Å². The van der Waals surface area contributed by atoms with Crippen LogP contribution in [0.5, 0.6) is 0 Å². The molecular formula is C8H13NO3. The first-order chi connectivity index (χ1) is 5.75. The highest BCUT2D eigenvalue weighted by Crippen LogP contribution is 2.09. The Labute approximate surface area is 71.2 Å². The third-order valence-corrected chi connectivity index (χ3v) is 1.67. The number of carboxylic acid groups (broad SMARTS) is 1. The van der Waals surface area contributed by atoms with Crippen molar-refractivity contribution in [1.82, 2.24) is 5.32 Å². The number of carbonyl (C=O) groups is 1. The van der Waals surface area contributed by atoms with Crippen LogP contribution in [-0.4, -0.2) is 30.5 Å². The Morgan fingerprint density at radius 3 is 3.00 bits per heavy atom. The first kappa shape index (κ1) is 9.22. The molecule has 1 saturated heterocycles. The van der Waals surface area contributed by atoms with Crippen LogP contribution < -0.4 is 5.32 Å². The molecule has 2 N–H and O–H groups in total. The summed E-state index contributed by atoms with van der Waals surface area (Å²) < 4.78 is 5.17. The summed E-state index contributed by atoms with van der Waals surface area (Å²) >= 11 is 0. The van der Waals surface area contributed by atoms with Crippen LogP contribution in [0.25, 0.3) is 0 Å². The van der Waals surface area contributed by atoms with Gasteiger partial charge in [0.05, 0.1) is 12.2 Å². The summed E-state index contributed by atoms with van der Waals surface area (Å²) in [6.45, 7) is 3.20. The number of aliphatic carboxylic acids is 1. The van der Waals surface area contributed by atoms with Gasteiger partial charge in [-0.1, -0.05) is 13.0 Å². The van der Waals surface area contributed by atoms with E-state index >= 15 is 0 Å². The molecule has 0 aliphatic carbocycles. The highest BCUT2D eigenvalue weighted by atomic mass is 16.5. The molecule has 1 aliphatic heterocycles. The minimum Gasteiger partial charge on any atom is -0.478 e. The SMILES string of the molecule is CC/C=C(\C(=O)O)C1NCCO1. The number of hydrogen-bond acceptors (Lipinski definition) is 3. The van der Waals surface area contributed by atoms with Crippen LogP contribution in [0.15, 0.2) is 11.6 Å². The zero-order valence-corrected chi connectivity index (χ0v) is 7.04. The predicted molar refractivity (Wildman–Crippen MR) is 43.8 cm³/mol. The molecule has 0 amide bonds. The molecule has 0 bridgehead atoms. The van der Waals surface area contributed by atoms with Crippen LogP contribution in [0.4, 0.5) is 0 Å². The number of ether oxygens (including phenoxy) is 1. The summed E-state index contributed by atoms with van der Waals surface area (Å²) in [6, 6.07) is 0. The fraction of sp³-hybridized carbons (Fsp3) is 0.625. The van der Waals surface area contributed by atoms with Crippen LogP contribution in [0.2, 0.25) is 0 Å². The van der Waals surface area contributed by atoms with E-state index < -0.39 is 12.2 Å². The van der Waals surface area contributed by atoms with Gasteiger partial charge in [-0.3, -0.25) is 5.32 Å². The zero-order valence-electron chi connectivity index (χ0n) is 7.04. The van der Waals surface area contributed by atoms with Crippen LogP contribution in [0.1, 0.15) is 13.3 Å². The van der Waals surface area contributed by atoms with Crippen molar-refractivity contribution in [3.63, 3.8) is 0 Å². The van der Waals surface area contributed by atoms with Crippen molar-refractivity contribution in [3.05, 3.63) is 11.6 Å². The van der Waals surface area contributed by atoms with E-state index in [0.29, 0.717) is 18.6 Å². The third-order valence-electron chi connectivity index (χ3n) is 1.67. The topological polar surface area (TPSA) is 58.6 Å². The minimum atomic E-state index is -0.906. The number of hydrogen-bond donors (Lipinski definition) is 2. The van der Waals surface area contributed by atoms with E-state index in [-0.39, 0.29) is 0 Å². The second-order valence-electron chi connectivity index (χ2n) is 2.58. The Hall–Kier alpha value is -0.870. The molecule has 0 aromatic rings. The Morgan fingerprint density at radius 2 is 2.58 bits per heavy atom. The van der Waals surface area contributed by atoms with Crippen molar-refractivity contribution in [2.45, 2.75) is 19.6 Å². The zero-order chi connectivity index (χ0) is 8.97. The van der Waals surface area contributed by atoms with E-state index in [0.717, 1.165) is 6.54 Å². The number of allylic oxidation sites excluding steroid dienone is 1. The van der Waals surface area contributed by atoms with E-state index in [4.69, 9.17) is 9.84 Å². The molecule has 0 spiro atoms. The summed E-state index contributed by atoms with van der Waals surface area (Å²) in [5, 5.41) is 11.7. The lowest BCUT2D eigenvalue weighted by Gasteiger charge is -2.09. The number of rotatable bonds is 3. The molecule has 4 nitrogen and oxygen atoms in total. The molecular weight excluding hydrogens is 158 g/mol. The van der Waals surface area contributed by atoms with E-state index in [1.165, 1.54) is 0 Å². The fourth-order valence-electron chi connectivity index (χ4n) is 1.15. The van der Waals surface area contributed by atoms with Gasteiger partial charge in [0.25, 0.3) is 0 Å². The van der Waals surface area contributed by atoms with Crippen molar-refractivity contribution in [2.75, 3.05) is 13.2 Å². The van der Waals surface area contributed by atoms with Gasteiger partial charge in [0, 0.05) is 6.54 Å². The van der Waals surface area contributed by atoms with Gasteiger partial charge in [-0.2, -0.15) is 0 Å². The smallest absolute Gasteiger partial charge is 0.335 e. The molecule has 1 unspecified atom stereocenters.